The SMILES string of the molecule is COCCOCC(=O)N(CC(N)=O)Cc1cccc(N)c1. The number of carbonyl (C=O) groups excluding carboxylic acids is 2. The van der Waals surface area contributed by atoms with Gasteiger partial charge in [0.2, 0.25) is 11.8 Å². The summed E-state index contributed by atoms with van der Waals surface area (Å²) in [6, 6.07) is 7.10. The Morgan fingerprint density at radius 2 is 2.05 bits per heavy atom. The average Bonchev–Trinajstić information content (AvgIpc) is 2.42. The summed E-state index contributed by atoms with van der Waals surface area (Å²) in [6.07, 6.45) is 0. The molecule has 1 aromatic carbocycles. The van der Waals surface area contributed by atoms with Crippen molar-refractivity contribution in [2.45, 2.75) is 6.54 Å². The van der Waals surface area contributed by atoms with E-state index in [1.165, 1.54) is 4.90 Å². The summed E-state index contributed by atoms with van der Waals surface area (Å²) in [6.45, 7) is 0.671. The number of anilines is 1. The molecule has 7 nitrogen and oxygen atoms in total. The van der Waals surface area contributed by atoms with E-state index in [0.717, 1.165) is 5.56 Å². The monoisotopic (exact) mass is 295 g/mol. The third-order valence-electron chi connectivity index (χ3n) is 2.68. The molecule has 0 saturated heterocycles. The van der Waals surface area contributed by atoms with Gasteiger partial charge in [0.05, 0.1) is 19.8 Å². The molecular weight excluding hydrogens is 274 g/mol. The topological polar surface area (TPSA) is 108 Å². The third-order valence-corrected chi connectivity index (χ3v) is 2.68. The molecule has 0 atom stereocenters. The third kappa shape index (κ3) is 6.73. The van der Waals surface area contributed by atoms with Crippen molar-refractivity contribution in [1.82, 2.24) is 4.90 Å². The Morgan fingerprint density at radius 1 is 1.29 bits per heavy atom. The zero-order valence-corrected chi connectivity index (χ0v) is 12.1. The maximum atomic E-state index is 12.1. The number of nitrogens with two attached hydrogens (primary N) is 2. The number of nitrogen functional groups attached to an aromatic ring is 1. The lowest BCUT2D eigenvalue weighted by Crippen LogP contribution is -2.40. The Morgan fingerprint density at radius 3 is 2.67 bits per heavy atom. The van der Waals surface area contributed by atoms with Gasteiger partial charge in [-0.1, -0.05) is 12.1 Å². The highest BCUT2D eigenvalue weighted by Gasteiger charge is 2.16. The van der Waals surface area contributed by atoms with Crippen molar-refractivity contribution in [3.63, 3.8) is 0 Å². The van der Waals surface area contributed by atoms with Crippen LogP contribution in [0, 0.1) is 0 Å². The van der Waals surface area contributed by atoms with Crippen LogP contribution in [0.4, 0.5) is 5.69 Å². The zero-order chi connectivity index (χ0) is 15.7. The molecule has 0 heterocycles. The molecule has 2 amide bonds. The maximum Gasteiger partial charge on any atom is 0.249 e. The molecule has 0 radical (unpaired) electrons. The van der Waals surface area contributed by atoms with Crippen molar-refractivity contribution in [2.24, 2.45) is 5.73 Å². The Hall–Kier alpha value is -2.12. The van der Waals surface area contributed by atoms with Crippen molar-refractivity contribution in [3.05, 3.63) is 29.8 Å². The van der Waals surface area contributed by atoms with Gasteiger partial charge in [0, 0.05) is 19.3 Å². The second-order valence-corrected chi connectivity index (χ2v) is 4.51. The van der Waals surface area contributed by atoms with Gasteiger partial charge in [-0.15, -0.1) is 0 Å². The van der Waals surface area contributed by atoms with Gasteiger partial charge >= 0.3 is 0 Å². The van der Waals surface area contributed by atoms with Crippen LogP contribution in [-0.4, -0.2) is 50.2 Å². The molecule has 0 spiro atoms. The van der Waals surface area contributed by atoms with E-state index in [2.05, 4.69) is 0 Å². The lowest BCUT2D eigenvalue weighted by molar-refractivity contribution is -0.140. The molecule has 0 bridgehead atoms. The Kier molecular flexibility index (Phi) is 7.20. The smallest absolute Gasteiger partial charge is 0.249 e. The van der Waals surface area contributed by atoms with Crippen LogP contribution in [0.5, 0.6) is 0 Å². The average molecular weight is 295 g/mol. The van der Waals surface area contributed by atoms with Crippen molar-refractivity contribution >= 4 is 17.5 Å². The standard InChI is InChI=1S/C14H21N3O4/c1-20-5-6-21-10-14(19)17(9-13(16)18)8-11-3-2-4-12(15)7-11/h2-4,7H,5-6,8-10,15H2,1H3,(H2,16,18). The van der Waals surface area contributed by atoms with Gasteiger partial charge in [-0.2, -0.15) is 0 Å². The summed E-state index contributed by atoms with van der Waals surface area (Å²) in [4.78, 5) is 24.5. The summed E-state index contributed by atoms with van der Waals surface area (Å²) < 4.78 is 9.99. The van der Waals surface area contributed by atoms with Crippen molar-refractivity contribution < 1.29 is 19.1 Å². The molecule has 1 aromatic rings. The van der Waals surface area contributed by atoms with Crippen LogP contribution in [-0.2, 0) is 25.6 Å². The molecule has 0 aliphatic heterocycles. The van der Waals surface area contributed by atoms with Crippen molar-refractivity contribution in [2.75, 3.05) is 39.2 Å². The number of nitrogens with zero attached hydrogens (tertiary/aromatic N) is 1. The summed E-state index contributed by atoms with van der Waals surface area (Å²) in [5, 5.41) is 0. The van der Waals surface area contributed by atoms with Crippen LogP contribution >= 0.6 is 0 Å². The minimum Gasteiger partial charge on any atom is -0.399 e. The van der Waals surface area contributed by atoms with Crippen LogP contribution in [0.25, 0.3) is 0 Å². The number of ether oxygens (including phenoxy) is 2. The van der Waals surface area contributed by atoms with Gasteiger partial charge in [-0.25, -0.2) is 0 Å². The van der Waals surface area contributed by atoms with E-state index in [-0.39, 0.29) is 25.6 Å². The first kappa shape index (κ1) is 16.9. The summed E-state index contributed by atoms with van der Waals surface area (Å²) in [5.74, 6) is -0.892. The molecule has 0 unspecified atom stereocenters. The van der Waals surface area contributed by atoms with E-state index in [1.54, 1.807) is 25.3 Å². The predicted molar refractivity (Wildman–Crippen MR) is 78.2 cm³/mol. The van der Waals surface area contributed by atoms with Crippen molar-refractivity contribution in [3.8, 4) is 0 Å². The quantitative estimate of drug-likeness (QED) is 0.482. The first-order valence-corrected chi connectivity index (χ1v) is 6.50. The number of hydrogen-bond acceptors (Lipinski definition) is 5. The minimum absolute atomic E-state index is 0.126. The van der Waals surface area contributed by atoms with Gasteiger partial charge in [-0.3, -0.25) is 9.59 Å². The van der Waals surface area contributed by atoms with Crippen LogP contribution < -0.4 is 11.5 Å². The van der Waals surface area contributed by atoms with Gasteiger partial charge < -0.3 is 25.8 Å². The summed E-state index contributed by atoms with van der Waals surface area (Å²) >= 11 is 0. The molecule has 0 aromatic heterocycles. The largest absolute Gasteiger partial charge is 0.399 e. The van der Waals surface area contributed by atoms with E-state index in [4.69, 9.17) is 20.9 Å². The lowest BCUT2D eigenvalue weighted by Gasteiger charge is -2.21. The first-order valence-electron chi connectivity index (χ1n) is 6.50. The highest BCUT2D eigenvalue weighted by molar-refractivity contribution is 5.84. The van der Waals surface area contributed by atoms with Crippen LogP contribution in [0.15, 0.2) is 24.3 Å². The second-order valence-electron chi connectivity index (χ2n) is 4.51. The Bertz CT molecular complexity index is 479. The van der Waals surface area contributed by atoms with Gasteiger partial charge in [0.25, 0.3) is 0 Å². The molecule has 116 valence electrons. The molecule has 0 saturated carbocycles. The molecule has 4 N–H and O–H groups in total. The zero-order valence-electron chi connectivity index (χ0n) is 12.1. The minimum atomic E-state index is -0.579. The molecule has 1 rings (SSSR count). The number of hydrogen-bond donors (Lipinski definition) is 2. The van der Waals surface area contributed by atoms with Crippen LogP contribution in [0.1, 0.15) is 5.56 Å². The molecule has 21 heavy (non-hydrogen) atoms. The maximum absolute atomic E-state index is 12.1. The predicted octanol–water partition coefficient (Wildman–Crippen LogP) is -0.254. The lowest BCUT2D eigenvalue weighted by atomic mass is 10.2. The van der Waals surface area contributed by atoms with Crippen LogP contribution in [0.2, 0.25) is 0 Å². The molecule has 0 aliphatic carbocycles. The van der Waals surface area contributed by atoms with E-state index in [1.807, 2.05) is 6.07 Å². The number of methoxy groups -OCH3 is 1. The number of carbonyl (C=O) groups is 2. The second kappa shape index (κ2) is 8.93. The fraction of sp³-hybridized carbons (Fsp3) is 0.429. The van der Waals surface area contributed by atoms with Crippen LogP contribution in [0.3, 0.4) is 0 Å². The number of benzene rings is 1. The Labute approximate surface area is 123 Å². The molecule has 0 fully saturated rings. The van der Waals surface area contributed by atoms with E-state index >= 15 is 0 Å². The Balaban J connectivity index is 2.62. The molecular formula is C14H21N3O4. The highest BCUT2D eigenvalue weighted by Crippen LogP contribution is 2.09. The first-order chi connectivity index (χ1) is 10.0. The number of amides is 2. The van der Waals surface area contributed by atoms with Crippen molar-refractivity contribution in [1.29, 1.82) is 0 Å². The fourth-order valence-corrected chi connectivity index (χ4v) is 1.73. The molecule has 0 aliphatic rings. The highest BCUT2D eigenvalue weighted by atomic mass is 16.5. The molecule has 7 heteroatoms. The number of primary amides is 1. The van der Waals surface area contributed by atoms with Gasteiger partial charge in [-0.05, 0) is 17.7 Å². The van der Waals surface area contributed by atoms with E-state index < -0.39 is 5.91 Å². The summed E-state index contributed by atoms with van der Waals surface area (Å²) in [7, 11) is 1.55. The number of rotatable bonds is 9. The normalized spacial score (nSPS) is 10.3. The van der Waals surface area contributed by atoms with E-state index in [0.29, 0.717) is 18.9 Å². The summed E-state index contributed by atoms with van der Waals surface area (Å²) in [5.41, 5.74) is 12.3. The van der Waals surface area contributed by atoms with E-state index in [9.17, 15) is 9.59 Å². The fourth-order valence-electron chi connectivity index (χ4n) is 1.73. The van der Waals surface area contributed by atoms with Gasteiger partial charge in [0.15, 0.2) is 0 Å². The van der Waals surface area contributed by atoms with Gasteiger partial charge in [0.1, 0.15) is 6.61 Å².